The molecule has 1 aliphatic carbocycles. The molecule has 2 atom stereocenters. The van der Waals surface area contributed by atoms with Gasteiger partial charge in [0.15, 0.2) is 17.4 Å². The van der Waals surface area contributed by atoms with Crippen molar-refractivity contribution >= 4 is 17.8 Å². The molecule has 2 aliphatic rings. The van der Waals surface area contributed by atoms with Crippen LogP contribution in [0.5, 0.6) is 5.75 Å². The van der Waals surface area contributed by atoms with Gasteiger partial charge in [-0.15, -0.1) is 0 Å². The lowest BCUT2D eigenvalue weighted by molar-refractivity contribution is -0.147. The van der Waals surface area contributed by atoms with Crippen molar-refractivity contribution in [3.8, 4) is 5.75 Å². The Hall–Kier alpha value is -2.89. The average molecular weight is 561 g/mol. The molecule has 8 nitrogen and oxygen atoms in total. The zero-order valence-electron chi connectivity index (χ0n) is 22.2. The van der Waals surface area contributed by atoms with Crippen LogP contribution in [0.4, 0.5) is 17.6 Å². The van der Waals surface area contributed by atoms with E-state index in [1.165, 1.54) is 0 Å². The number of halogens is 4. The Balaban J connectivity index is 1.62. The number of hydrogen-bond donors (Lipinski definition) is 2. The highest BCUT2D eigenvalue weighted by molar-refractivity contribution is 5.82. The van der Waals surface area contributed by atoms with Crippen LogP contribution < -0.4 is 10.1 Å². The number of aliphatic hydroxyl groups is 1. The van der Waals surface area contributed by atoms with Gasteiger partial charge < -0.3 is 24.8 Å². The van der Waals surface area contributed by atoms with E-state index >= 15 is 0 Å². The number of nitrogens with zero attached hydrogens (tertiary/aromatic N) is 1. The van der Waals surface area contributed by atoms with Crippen molar-refractivity contribution in [2.45, 2.75) is 70.9 Å². The number of benzene rings is 1. The molecule has 1 heterocycles. The number of ether oxygens (including phenoxy) is 2. The molecule has 2 N–H and O–H groups in total. The number of carbonyl (C=O) groups excluding carboxylic acids is 3. The fourth-order valence-electron chi connectivity index (χ4n) is 4.84. The second-order valence-corrected chi connectivity index (χ2v) is 10.7. The SMILES string of the molecule is CC(C)COC(=O)C[C@H](NC(=O)C1CCN(C(=O)C2CCCC2)CC1)C(O)COc1c(F)c(F)cc(F)c1F. The van der Waals surface area contributed by atoms with Crippen LogP contribution in [0, 0.1) is 41.0 Å². The molecule has 218 valence electrons. The maximum atomic E-state index is 14.0. The molecule has 1 unspecified atom stereocenters. The highest BCUT2D eigenvalue weighted by Gasteiger charge is 2.34. The van der Waals surface area contributed by atoms with Crippen molar-refractivity contribution in [2.75, 3.05) is 26.3 Å². The zero-order valence-corrected chi connectivity index (χ0v) is 22.2. The molecular weight excluding hydrogens is 524 g/mol. The number of carbonyl (C=O) groups is 3. The standard InChI is InChI=1S/C27H36F4N2O6/c1-15(2)13-38-22(35)12-20(21(34)14-39-25-23(30)18(28)11-19(29)24(25)31)32-26(36)16-7-9-33(10-8-16)27(37)17-5-3-4-6-17/h11,15-17,20-21,34H,3-10,12-14H2,1-2H3,(H,32,36)/t20-,21?/m0/s1. The van der Waals surface area contributed by atoms with E-state index in [-0.39, 0.29) is 30.4 Å². The zero-order chi connectivity index (χ0) is 28.7. The van der Waals surface area contributed by atoms with Gasteiger partial charge in [0.1, 0.15) is 12.7 Å². The van der Waals surface area contributed by atoms with Crippen molar-refractivity contribution in [1.29, 1.82) is 0 Å². The maximum Gasteiger partial charge on any atom is 0.307 e. The molecule has 1 aromatic carbocycles. The Bertz CT molecular complexity index is 1000. The van der Waals surface area contributed by atoms with Crippen LogP contribution in [0.25, 0.3) is 0 Å². The Morgan fingerprint density at radius 2 is 1.56 bits per heavy atom. The number of amides is 2. The lowest BCUT2D eigenvalue weighted by Gasteiger charge is -2.34. The number of likely N-dealkylation sites (tertiary alicyclic amines) is 1. The summed E-state index contributed by atoms with van der Waals surface area (Å²) in [5, 5.41) is 13.3. The minimum Gasteiger partial charge on any atom is -0.485 e. The molecule has 0 radical (unpaired) electrons. The molecular formula is C27H36F4N2O6. The van der Waals surface area contributed by atoms with Gasteiger partial charge in [-0.2, -0.15) is 8.78 Å². The summed E-state index contributed by atoms with van der Waals surface area (Å²) in [6.45, 7) is 3.67. The fourth-order valence-corrected chi connectivity index (χ4v) is 4.84. The first-order valence-electron chi connectivity index (χ1n) is 13.4. The molecule has 3 rings (SSSR count). The van der Waals surface area contributed by atoms with E-state index in [9.17, 15) is 37.1 Å². The number of esters is 1. The van der Waals surface area contributed by atoms with E-state index in [1.54, 1.807) is 4.90 Å². The van der Waals surface area contributed by atoms with Crippen LogP contribution in [-0.2, 0) is 19.1 Å². The highest BCUT2D eigenvalue weighted by Crippen LogP contribution is 2.29. The van der Waals surface area contributed by atoms with Gasteiger partial charge in [0.25, 0.3) is 0 Å². The van der Waals surface area contributed by atoms with Gasteiger partial charge in [-0.3, -0.25) is 14.4 Å². The molecule has 0 spiro atoms. The topological polar surface area (TPSA) is 105 Å². The molecule has 2 amide bonds. The summed E-state index contributed by atoms with van der Waals surface area (Å²) in [5.74, 6) is -9.82. The summed E-state index contributed by atoms with van der Waals surface area (Å²) in [4.78, 5) is 39.8. The lowest BCUT2D eigenvalue weighted by atomic mass is 9.93. The Morgan fingerprint density at radius 3 is 2.13 bits per heavy atom. The van der Waals surface area contributed by atoms with Crippen LogP contribution in [0.3, 0.4) is 0 Å². The van der Waals surface area contributed by atoms with Crippen molar-refractivity contribution in [3.05, 3.63) is 29.3 Å². The van der Waals surface area contributed by atoms with E-state index in [1.807, 2.05) is 13.8 Å². The minimum atomic E-state index is -1.78. The third-order valence-electron chi connectivity index (χ3n) is 7.11. The van der Waals surface area contributed by atoms with Crippen molar-refractivity contribution in [1.82, 2.24) is 10.2 Å². The van der Waals surface area contributed by atoms with E-state index in [0.717, 1.165) is 25.7 Å². The summed E-state index contributed by atoms with van der Waals surface area (Å²) < 4.78 is 64.9. The van der Waals surface area contributed by atoms with Gasteiger partial charge in [-0.05, 0) is 31.6 Å². The molecule has 0 bridgehead atoms. The summed E-state index contributed by atoms with van der Waals surface area (Å²) in [6, 6.07) is -1.26. The first-order chi connectivity index (χ1) is 18.5. The minimum absolute atomic E-state index is 0.0222. The fraction of sp³-hybridized carbons (Fsp3) is 0.667. The lowest BCUT2D eigenvalue weighted by Crippen LogP contribution is -2.51. The molecule has 0 aromatic heterocycles. The Labute approximate surface area is 225 Å². The van der Waals surface area contributed by atoms with Gasteiger partial charge >= 0.3 is 5.97 Å². The second kappa shape index (κ2) is 14.0. The number of nitrogens with one attached hydrogen (secondary N) is 1. The summed E-state index contributed by atoms with van der Waals surface area (Å²) >= 11 is 0. The van der Waals surface area contributed by atoms with Crippen LogP contribution in [0.1, 0.15) is 58.8 Å². The Morgan fingerprint density at radius 1 is 0.974 bits per heavy atom. The van der Waals surface area contributed by atoms with E-state index < -0.39 is 72.0 Å². The first kappa shape index (κ1) is 30.6. The summed E-state index contributed by atoms with van der Waals surface area (Å²) in [7, 11) is 0. The van der Waals surface area contributed by atoms with E-state index in [4.69, 9.17) is 9.47 Å². The monoisotopic (exact) mass is 560 g/mol. The number of rotatable bonds is 11. The number of hydrogen-bond acceptors (Lipinski definition) is 6. The van der Waals surface area contributed by atoms with Gasteiger partial charge in [-0.25, -0.2) is 8.78 Å². The molecule has 2 fully saturated rings. The van der Waals surface area contributed by atoms with Crippen molar-refractivity contribution < 1.29 is 46.5 Å². The highest BCUT2D eigenvalue weighted by atomic mass is 19.2. The molecule has 39 heavy (non-hydrogen) atoms. The molecule has 1 saturated heterocycles. The van der Waals surface area contributed by atoms with Crippen molar-refractivity contribution in [3.63, 3.8) is 0 Å². The predicted molar refractivity (Wildman–Crippen MR) is 131 cm³/mol. The summed E-state index contributed by atoms with van der Waals surface area (Å²) in [6.07, 6.45) is 2.44. The normalized spacial score (nSPS) is 18.2. The predicted octanol–water partition coefficient (Wildman–Crippen LogP) is 3.49. The average Bonchev–Trinajstić information content (AvgIpc) is 3.45. The van der Waals surface area contributed by atoms with E-state index in [0.29, 0.717) is 25.9 Å². The maximum absolute atomic E-state index is 14.0. The smallest absolute Gasteiger partial charge is 0.307 e. The van der Waals surface area contributed by atoms with Crippen LogP contribution in [0.2, 0.25) is 0 Å². The third kappa shape index (κ3) is 8.30. The molecule has 12 heteroatoms. The van der Waals surface area contributed by atoms with Crippen molar-refractivity contribution in [2.24, 2.45) is 17.8 Å². The molecule has 1 saturated carbocycles. The van der Waals surface area contributed by atoms with Crippen LogP contribution >= 0.6 is 0 Å². The van der Waals surface area contributed by atoms with Gasteiger partial charge in [-0.1, -0.05) is 26.7 Å². The third-order valence-corrected chi connectivity index (χ3v) is 7.11. The molecule has 1 aromatic rings. The largest absolute Gasteiger partial charge is 0.485 e. The first-order valence-corrected chi connectivity index (χ1v) is 13.4. The van der Waals surface area contributed by atoms with E-state index in [2.05, 4.69) is 5.32 Å². The van der Waals surface area contributed by atoms with Gasteiger partial charge in [0, 0.05) is 31.0 Å². The second-order valence-electron chi connectivity index (χ2n) is 10.7. The number of aliphatic hydroxyl groups excluding tert-OH is 1. The van der Waals surface area contributed by atoms with Crippen LogP contribution in [-0.4, -0.2) is 66.2 Å². The summed E-state index contributed by atoms with van der Waals surface area (Å²) in [5.41, 5.74) is 0. The van der Waals surface area contributed by atoms with Crippen LogP contribution in [0.15, 0.2) is 6.07 Å². The Kier molecular flexibility index (Phi) is 11.0. The molecule has 1 aliphatic heterocycles. The van der Waals surface area contributed by atoms with Gasteiger partial charge in [0.05, 0.1) is 19.1 Å². The van der Waals surface area contributed by atoms with Gasteiger partial charge in [0.2, 0.25) is 23.4 Å². The quantitative estimate of drug-likeness (QED) is 0.244. The number of piperidine rings is 1.